The van der Waals surface area contributed by atoms with Crippen molar-refractivity contribution in [1.82, 2.24) is 0 Å². The van der Waals surface area contributed by atoms with E-state index in [1.54, 1.807) is 0 Å². The number of rotatable bonds is 0. The van der Waals surface area contributed by atoms with Gasteiger partial charge in [0.05, 0.1) is 0 Å². The summed E-state index contributed by atoms with van der Waals surface area (Å²) in [5.41, 5.74) is 0. The molecule has 0 atom stereocenters. The Kier molecular flexibility index (Phi) is 2.51. The maximum absolute atomic E-state index is 3.92. The monoisotopic (exact) mass is 87.0 g/mol. The summed E-state index contributed by atoms with van der Waals surface area (Å²) < 4.78 is 7.83. The molecule has 0 N–H and O–H groups in total. The van der Waals surface area contributed by atoms with Gasteiger partial charge in [-0.1, -0.05) is 0 Å². The molecule has 1 aromatic rings. The molecule has 0 fully saturated rings. The van der Waals surface area contributed by atoms with Crippen LogP contribution in [0.2, 0.25) is 0 Å². The standard InChI is InChI=1S/Na.O2S/c;1-2-3-1. The minimum absolute atomic E-state index is 0. The summed E-state index contributed by atoms with van der Waals surface area (Å²) in [5, 5.41) is 0. The summed E-state index contributed by atoms with van der Waals surface area (Å²) in [6.07, 6.45) is 0. The fraction of sp³-hybridized carbons (Fsp3) is 0. The van der Waals surface area contributed by atoms with Crippen LogP contribution in [0, 0.1) is 0 Å². The van der Waals surface area contributed by atoms with Crippen LogP contribution >= 0.6 is 11.9 Å². The summed E-state index contributed by atoms with van der Waals surface area (Å²) >= 11 is 1.000. The summed E-state index contributed by atoms with van der Waals surface area (Å²) in [6, 6.07) is 0. The van der Waals surface area contributed by atoms with Crippen molar-refractivity contribution >= 4 is 41.5 Å². The van der Waals surface area contributed by atoms with Crippen LogP contribution in [0.4, 0.5) is 0 Å². The van der Waals surface area contributed by atoms with Gasteiger partial charge < -0.3 is 0 Å². The second-order valence-corrected chi connectivity index (χ2v) is 0.612. The summed E-state index contributed by atoms with van der Waals surface area (Å²) in [5.74, 6) is 0. The average molecular weight is 87.1 g/mol. The third kappa shape index (κ3) is 2.82. The van der Waals surface area contributed by atoms with Gasteiger partial charge in [0.15, 0.2) is 0 Å². The summed E-state index contributed by atoms with van der Waals surface area (Å²) in [7, 11) is 0. The van der Waals surface area contributed by atoms with E-state index in [0.29, 0.717) is 0 Å². The van der Waals surface area contributed by atoms with Crippen molar-refractivity contribution in [3.63, 3.8) is 0 Å². The Balaban J connectivity index is 0.0000000900. The van der Waals surface area contributed by atoms with Gasteiger partial charge in [-0.25, -0.2) is 0 Å². The third-order valence-electron chi connectivity index (χ3n) is 0.0680. The predicted octanol–water partition coefficient (Wildman–Crippen LogP) is 0.553. The Hall–Kier alpha value is 0.820. The first-order chi connectivity index (χ1) is 1.50. The molecule has 1 radical (unpaired) electrons. The molecule has 0 spiro atoms. The van der Waals surface area contributed by atoms with Crippen LogP contribution in [0.5, 0.6) is 0 Å². The van der Waals surface area contributed by atoms with Crippen LogP contribution in [0.15, 0.2) is 8.02 Å². The SMILES string of the molecule is [Na].o1os1. The molecule has 0 unspecified atom stereocenters. The molecule has 1 aromatic heterocycles. The fourth-order valence-electron chi connectivity index (χ4n) is 0. The largest absolute Gasteiger partial charge is 0.335 e. The summed E-state index contributed by atoms with van der Waals surface area (Å²) in [4.78, 5) is 0. The van der Waals surface area contributed by atoms with Gasteiger partial charge >= 0.3 is 11.9 Å². The first kappa shape index (κ1) is 4.82. The van der Waals surface area contributed by atoms with E-state index in [2.05, 4.69) is 8.02 Å². The fourth-order valence-corrected chi connectivity index (χ4v) is 0. The molecule has 1 heterocycles. The zero-order valence-corrected chi connectivity index (χ0v) is 5.04. The van der Waals surface area contributed by atoms with Crippen LogP contribution in [-0.4, -0.2) is 29.6 Å². The van der Waals surface area contributed by atoms with Gasteiger partial charge in [-0.15, -0.1) is 0 Å². The molecule has 4 heavy (non-hydrogen) atoms. The van der Waals surface area contributed by atoms with E-state index >= 15 is 0 Å². The Morgan fingerprint density at radius 2 is 1.50 bits per heavy atom. The van der Waals surface area contributed by atoms with Gasteiger partial charge in [0.1, 0.15) is 0 Å². The first-order valence-corrected chi connectivity index (χ1v) is 1.17. The first-order valence-electron chi connectivity index (χ1n) is 0.500. The van der Waals surface area contributed by atoms with Crippen LogP contribution < -0.4 is 0 Å². The molecule has 0 bridgehead atoms. The van der Waals surface area contributed by atoms with Gasteiger partial charge in [0.2, 0.25) is 0 Å². The molecule has 1 rings (SSSR count). The van der Waals surface area contributed by atoms with E-state index in [-0.39, 0.29) is 29.6 Å². The Bertz CT molecular complexity index is 34.1. The van der Waals surface area contributed by atoms with E-state index in [0.717, 1.165) is 11.9 Å². The molecule has 19 valence electrons. The molecule has 0 saturated carbocycles. The van der Waals surface area contributed by atoms with Crippen molar-refractivity contribution in [2.24, 2.45) is 0 Å². The molecule has 0 aliphatic heterocycles. The van der Waals surface area contributed by atoms with Gasteiger partial charge in [0, 0.05) is 29.6 Å². The van der Waals surface area contributed by atoms with Crippen LogP contribution in [-0.2, 0) is 0 Å². The Morgan fingerprint density at radius 1 is 1.25 bits per heavy atom. The molecule has 0 aromatic carbocycles. The Labute approximate surface area is 49.4 Å². The van der Waals surface area contributed by atoms with Crippen LogP contribution in [0.25, 0.3) is 0 Å². The maximum atomic E-state index is 3.92. The molecule has 0 amide bonds. The zero-order chi connectivity index (χ0) is 2.12. The van der Waals surface area contributed by atoms with Crippen LogP contribution in [0.1, 0.15) is 0 Å². The number of hydrogen-bond acceptors (Lipinski definition) is 3. The van der Waals surface area contributed by atoms with Crippen molar-refractivity contribution in [2.45, 2.75) is 0 Å². The molecule has 0 aliphatic rings. The molecule has 0 saturated heterocycles. The molecule has 0 aliphatic carbocycles. The van der Waals surface area contributed by atoms with E-state index in [1.807, 2.05) is 0 Å². The van der Waals surface area contributed by atoms with Crippen LogP contribution in [0.3, 0.4) is 0 Å². The van der Waals surface area contributed by atoms with E-state index < -0.39 is 0 Å². The van der Waals surface area contributed by atoms with Crippen molar-refractivity contribution in [3.8, 4) is 0 Å². The molecular weight excluding hydrogens is 87.1 g/mol. The van der Waals surface area contributed by atoms with Gasteiger partial charge in [-0.3, -0.25) is 0 Å². The predicted molar refractivity (Wildman–Crippen MR) is 14.6 cm³/mol. The summed E-state index contributed by atoms with van der Waals surface area (Å²) in [6.45, 7) is 0. The number of hydrogen-bond donors (Lipinski definition) is 0. The van der Waals surface area contributed by atoms with E-state index in [4.69, 9.17) is 0 Å². The minimum Gasteiger partial charge on any atom is -0.168 e. The van der Waals surface area contributed by atoms with E-state index in [1.165, 1.54) is 0 Å². The third-order valence-corrected chi connectivity index (χ3v) is 0.204. The normalized spacial score (nSPS) is 6.00. The molecule has 4 heteroatoms. The van der Waals surface area contributed by atoms with Crippen molar-refractivity contribution in [2.75, 3.05) is 0 Å². The van der Waals surface area contributed by atoms with Gasteiger partial charge in [-0.05, 0) is 0 Å². The maximum Gasteiger partial charge on any atom is 0.335 e. The van der Waals surface area contributed by atoms with E-state index in [9.17, 15) is 0 Å². The zero-order valence-electron chi connectivity index (χ0n) is 2.22. The Morgan fingerprint density at radius 3 is 1.50 bits per heavy atom. The van der Waals surface area contributed by atoms with Crippen molar-refractivity contribution < 1.29 is 8.02 Å². The topological polar surface area (TPSA) is 26.3 Å². The van der Waals surface area contributed by atoms with Crippen molar-refractivity contribution in [1.29, 1.82) is 0 Å². The second kappa shape index (κ2) is 2.08. The smallest absolute Gasteiger partial charge is 0.168 e. The van der Waals surface area contributed by atoms with Gasteiger partial charge in [0.25, 0.3) is 0 Å². The molecular formula is NaO2S. The van der Waals surface area contributed by atoms with Gasteiger partial charge in [-0.2, -0.15) is 8.02 Å². The minimum atomic E-state index is 0. The molecule has 2 nitrogen and oxygen atoms in total. The second-order valence-electron chi connectivity index (χ2n) is 0.204. The quantitative estimate of drug-likeness (QED) is 0.341. The van der Waals surface area contributed by atoms with Crippen molar-refractivity contribution in [3.05, 3.63) is 0 Å². The average Bonchev–Trinajstić information content (AvgIpc) is 1.46.